The molecule has 1 aliphatic heterocycles. The number of nitrogens with zero attached hydrogens (tertiary/aromatic N) is 2. The first kappa shape index (κ1) is 12.1. The first-order chi connectivity index (χ1) is 8.15. The van der Waals surface area contributed by atoms with Gasteiger partial charge >= 0.3 is 0 Å². The number of aromatic amines is 1. The van der Waals surface area contributed by atoms with E-state index in [1.54, 1.807) is 13.0 Å². The number of nitrogens with one attached hydrogen (secondary N) is 2. The van der Waals surface area contributed by atoms with Gasteiger partial charge in [0.2, 0.25) is 0 Å². The van der Waals surface area contributed by atoms with Crippen LogP contribution in [0.4, 0.5) is 5.82 Å². The summed E-state index contributed by atoms with van der Waals surface area (Å²) in [5.74, 6) is 1.41. The Kier molecular flexibility index (Phi) is 3.78. The molecule has 1 aromatic heterocycles. The number of aryl methyl sites for hydroxylation is 1. The van der Waals surface area contributed by atoms with Crippen LogP contribution in [0.25, 0.3) is 0 Å². The van der Waals surface area contributed by atoms with Crippen molar-refractivity contribution >= 4 is 5.82 Å². The van der Waals surface area contributed by atoms with Crippen molar-refractivity contribution in [2.45, 2.75) is 32.2 Å². The average Bonchev–Trinajstić information content (AvgIpc) is 2.29. The summed E-state index contributed by atoms with van der Waals surface area (Å²) >= 11 is 0. The SMILES string of the molecule is Cc1nc(N(C)CC2CCCCN2)cc(=O)[nH]1. The van der Waals surface area contributed by atoms with Crippen LogP contribution in [-0.4, -0.2) is 36.1 Å². The molecule has 1 aliphatic rings. The highest BCUT2D eigenvalue weighted by Crippen LogP contribution is 2.11. The largest absolute Gasteiger partial charge is 0.358 e. The third kappa shape index (κ3) is 3.30. The Bertz CT molecular complexity index is 423. The van der Waals surface area contributed by atoms with Crippen LogP contribution in [0.2, 0.25) is 0 Å². The van der Waals surface area contributed by atoms with E-state index >= 15 is 0 Å². The summed E-state index contributed by atoms with van der Waals surface area (Å²) in [6.07, 6.45) is 3.75. The molecule has 0 radical (unpaired) electrons. The standard InChI is InChI=1S/C12H20N4O/c1-9-14-11(7-12(17)15-9)16(2)8-10-5-3-4-6-13-10/h7,10,13H,3-6,8H2,1-2H3,(H,14,15,17). The van der Waals surface area contributed by atoms with Crippen LogP contribution in [0.15, 0.2) is 10.9 Å². The molecule has 0 aromatic carbocycles. The minimum atomic E-state index is -0.0871. The number of aromatic nitrogens is 2. The molecule has 17 heavy (non-hydrogen) atoms. The molecule has 2 N–H and O–H groups in total. The highest BCUT2D eigenvalue weighted by atomic mass is 16.1. The summed E-state index contributed by atoms with van der Waals surface area (Å²) in [6.45, 7) is 3.80. The molecule has 0 spiro atoms. The molecule has 1 aromatic rings. The number of rotatable bonds is 3. The second-order valence-corrected chi connectivity index (χ2v) is 4.72. The topological polar surface area (TPSA) is 61.0 Å². The number of likely N-dealkylation sites (N-methyl/N-ethyl adjacent to an activating group) is 1. The van der Waals surface area contributed by atoms with Gasteiger partial charge in [-0.1, -0.05) is 6.42 Å². The zero-order valence-corrected chi connectivity index (χ0v) is 10.5. The van der Waals surface area contributed by atoms with Crippen molar-refractivity contribution in [1.29, 1.82) is 0 Å². The van der Waals surface area contributed by atoms with Gasteiger partial charge in [0.15, 0.2) is 0 Å². The summed E-state index contributed by atoms with van der Waals surface area (Å²) in [7, 11) is 1.98. The van der Waals surface area contributed by atoms with Gasteiger partial charge in [0, 0.05) is 25.7 Å². The Morgan fingerprint density at radius 2 is 2.35 bits per heavy atom. The van der Waals surface area contributed by atoms with E-state index in [0.29, 0.717) is 11.9 Å². The monoisotopic (exact) mass is 236 g/mol. The van der Waals surface area contributed by atoms with Gasteiger partial charge in [-0.05, 0) is 26.3 Å². The van der Waals surface area contributed by atoms with Crippen LogP contribution in [0.5, 0.6) is 0 Å². The highest BCUT2D eigenvalue weighted by Gasteiger charge is 2.15. The van der Waals surface area contributed by atoms with Crippen molar-refractivity contribution < 1.29 is 0 Å². The lowest BCUT2D eigenvalue weighted by Crippen LogP contribution is -2.42. The van der Waals surface area contributed by atoms with Crippen molar-refractivity contribution in [3.05, 3.63) is 22.2 Å². The fraction of sp³-hybridized carbons (Fsp3) is 0.667. The van der Waals surface area contributed by atoms with Crippen molar-refractivity contribution in [3.63, 3.8) is 0 Å². The molecule has 0 aliphatic carbocycles. The molecule has 1 saturated heterocycles. The van der Waals surface area contributed by atoms with Gasteiger partial charge in [-0.2, -0.15) is 0 Å². The maximum absolute atomic E-state index is 11.4. The number of hydrogen-bond donors (Lipinski definition) is 2. The second-order valence-electron chi connectivity index (χ2n) is 4.72. The zero-order chi connectivity index (χ0) is 12.3. The summed E-state index contributed by atoms with van der Waals surface area (Å²) in [4.78, 5) is 20.4. The van der Waals surface area contributed by atoms with Crippen molar-refractivity contribution in [3.8, 4) is 0 Å². The lowest BCUT2D eigenvalue weighted by Gasteiger charge is -2.28. The Morgan fingerprint density at radius 3 is 3.00 bits per heavy atom. The summed E-state index contributed by atoms with van der Waals surface area (Å²) in [5, 5.41) is 3.49. The Labute approximate surface area is 101 Å². The molecular weight excluding hydrogens is 216 g/mol. The molecule has 0 amide bonds. The van der Waals surface area contributed by atoms with Crippen molar-refractivity contribution in [1.82, 2.24) is 15.3 Å². The molecule has 5 heteroatoms. The van der Waals surface area contributed by atoms with Gasteiger partial charge in [-0.3, -0.25) is 4.79 Å². The molecule has 1 unspecified atom stereocenters. The zero-order valence-electron chi connectivity index (χ0n) is 10.5. The van der Waals surface area contributed by atoms with Gasteiger partial charge in [-0.15, -0.1) is 0 Å². The minimum Gasteiger partial charge on any atom is -0.358 e. The summed E-state index contributed by atoms with van der Waals surface area (Å²) in [5.41, 5.74) is -0.0871. The van der Waals surface area contributed by atoms with Crippen molar-refractivity contribution in [2.24, 2.45) is 0 Å². The maximum Gasteiger partial charge on any atom is 0.252 e. The number of H-pyrrole nitrogens is 1. The third-order valence-corrected chi connectivity index (χ3v) is 3.14. The highest BCUT2D eigenvalue weighted by molar-refractivity contribution is 5.36. The quantitative estimate of drug-likeness (QED) is 0.809. The molecule has 5 nitrogen and oxygen atoms in total. The van der Waals surface area contributed by atoms with E-state index in [-0.39, 0.29) is 5.56 Å². The molecule has 0 bridgehead atoms. The predicted octanol–water partition coefficient (Wildman–Crippen LogP) is 0.657. The lowest BCUT2D eigenvalue weighted by molar-refractivity contribution is 0.403. The molecule has 2 rings (SSSR count). The van der Waals surface area contributed by atoms with Gasteiger partial charge in [0.1, 0.15) is 11.6 Å². The van der Waals surface area contributed by atoms with Gasteiger partial charge in [0.05, 0.1) is 0 Å². The van der Waals surface area contributed by atoms with E-state index in [2.05, 4.69) is 15.3 Å². The fourth-order valence-corrected chi connectivity index (χ4v) is 2.26. The van der Waals surface area contributed by atoms with Crippen LogP contribution in [-0.2, 0) is 0 Å². The molecule has 0 saturated carbocycles. The van der Waals surface area contributed by atoms with Crippen molar-refractivity contribution in [2.75, 3.05) is 25.0 Å². The minimum absolute atomic E-state index is 0.0871. The van der Waals surface area contributed by atoms with Crippen LogP contribution >= 0.6 is 0 Å². The van der Waals surface area contributed by atoms with Crippen LogP contribution < -0.4 is 15.8 Å². The normalized spacial score (nSPS) is 20.2. The Morgan fingerprint density at radius 1 is 1.53 bits per heavy atom. The molecule has 1 atom stereocenters. The number of piperidine rings is 1. The lowest BCUT2D eigenvalue weighted by atomic mass is 10.0. The molecule has 1 fully saturated rings. The summed E-state index contributed by atoms with van der Waals surface area (Å²) in [6, 6.07) is 2.06. The van der Waals surface area contributed by atoms with Gasteiger partial charge in [0.25, 0.3) is 5.56 Å². The van der Waals surface area contributed by atoms with E-state index in [1.807, 2.05) is 11.9 Å². The first-order valence-electron chi connectivity index (χ1n) is 6.17. The van der Waals surface area contributed by atoms with Crippen LogP contribution in [0.3, 0.4) is 0 Å². The Balaban J connectivity index is 2.03. The van der Waals surface area contributed by atoms with Gasteiger partial charge in [-0.25, -0.2) is 4.98 Å². The van der Waals surface area contributed by atoms with E-state index in [0.717, 1.165) is 18.9 Å². The summed E-state index contributed by atoms with van der Waals surface area (Å²) < 4.78 is 0. The first-order valence-corrected chi connectivity index (χ1v) is 6.17. The van der Waals surface area contributed by atoms with E-state index < -0.39 is 0 Å². The van der Waals surface area contributed by atoms with Crippen LogP contribution in [0.1, 0.15) is 25.1 Å². The number of hydrogen-bond acceptors (Lipinski definition) is 4. The smallest absolute Gasteiger partial charge is 0.252 e. The molecule has 2 heterocycles. The Hall–Kier alpha value is -1.36. The fourth-order valence-electron chi connectivity index (χ4n) is 2.26. The third-order valence-electron chi connectivity index (χ3n) is 3.14. The molecular formula is C12H20N4O. The average molecular weight is 236 g/mol. The van der Waals surface area contributed by atoms with E-state index in [1.165, 1.54) is 19.3 Å². The van der Waals surface area contributed by atoms with Crippen LogP contribution in [0, 0.1) is 6.92 Å². The number of anilines is 1. The second kappa shape index (κ2) is 5.31. The predicted molar refractivity (Wildman–Crippen MR) is 68.5 cm³/mol. The van der Waals surface area contributed by atoms with E-state index in [4.69, 9.17) is 0 Å². The van der Waals surface area contributed by atoms with Gasteiger partial charge < -0.3 is 15.2 Å². The molecule has 94 valence electrons. The maximum atomic E-state index is 11.4. The van der Waals surface area contributed by atoms with E-state index in [9.17, 15) is 4.79 Å².